The van der Waals surface area contributed by atoms with Crippen molar-refractivity contribution >= 4 is 5.97 Å². The van der Waals surface area contributed by atoms with Gasteiger partial charge in [-0.25, -0.2) is 0 Å². The summed E-state index contributed by atoms with van der Waals surface area (Å²) in [5.41, 5.74) is 0. The predicted octanol–water partition coefficient (Wildman–Crippen LogP) is 2.51. The Labute approximate surface area is 98.6 Å². The number of aliphatic carboxylic acids is 1. The molecule has 1 aliphatic rings. The molecular weight excluding hydrogens is 235 g/mol. The Balaban J connectivity index is 2.58. The Morgan fingerprint density at radius 1 is 1.41 bits per heavy atom. The number of carboxylic acids is 1. The van der Waals surface area contributed by atoms with Crippen molar-refractivity contribution in [2.24, 2.45) is 5.92 Å². The summed E-state index contributed by atoms with van der Waals surface area (Å²) in [5.74, 6) is -1.13. The lowest BCUT2D eigenvalue weighted by atomic mass is 10.1. The van der Waals surface area contributed by atoms with Crippen LogP contribution in [0.3, 0.4) is 0 Å². The molecule has 6 heteroatoms. The van der Waals surface area contributed by atoms with Gasteiger partial charge in [-0.15, -0.1) is 0 Å². The van der Waals surface area contributed by atoms with Crippen LogP contribution in [0.4, 0.5) is 13.2 Å². The van der Waals surface area contributed by atoms with Gasteiger partial charge in [0, 0.05) is 6.54 Å². The molecule has 0 aromatic carbocycles. The van der Waals surface area contributed by atoms with Gasteiger partial charge in [0.2, 0.25) is 0 Å². The van der Waals surface area contributed by atoms with Crippen molar-refractivity contribution in [2.45, 2.75) is 44.3 Å². The number of rotatable bonds is 5. The molecule has 1 saturated carbocycles. The molecule has 17 heavy (non-hydrogen) atoms. The van der Waals surface area contributed by atoms with Gasteiger partial charge in [0.25, 0.3) is 0 Å². The number of hydrogen-bond acceptors (Lipinski definition) is 2. The first-order valence-corrected chi connectivity index (χ1v) is 5.79. The largest absolute Gasteiger partial charge is 0.481 e. The fourth-order valence-electron chi connectivity index (χ4n) is 2.41. The maximum Gasteiger partial charge on any atom is 0.404 e. The zero-order chi connectivity index (χ0) is 13.1. The molecule has 100 valence electrons. The molecule has 3 nitrogen and oxygen atoms in total. The Bertz CT molecular complexity index is 262. The van der Waals surface area contributed by atoms with Crippen molar-refractivity contribution in [2.75, 3.05) is 13.6 Å². The van der Waals surface area contributed by atoms with Gasteiger partial charge in [-0.1, -0.05) is 12.8 Å². The van der Waals surface area contributed by atoms with E-state index in [1.54, 1.807) is 0 Å². The number of hydrogen-bond donors (Lipinski definition) is 1. The van der Waals surface area contributed by atoms with E-state index in [0.717, 1.165) is 30.6 Å². The summed E-state index contributed by atoms with van der Waals surface area (Å²) < 4.78 is 38.1. The van der Waals surface area contributed by atoms with Gasteiger partial charge >= 0.3 is 12.1 Å². The van der Waals surface area contributed by atoms with Crippen LogP contribution in [0.25, 0.3) is 0 Å². The molecular formula is C11H18F3NO2. The monoisotopic (exact) mass is 253 g/mol. The molecule has 1 aliphatic carbocycles. The maximum absolute atomic E-state index is 12.7. The predicted molar refractivity (Wildman–Crippen MR) is 56.7 cm³/mol. The van der Waals surface area contributed by atoms with Crippen LogP contribution in [0, 0.1) is 5.92 Å². The topological polar surface area (TPSA) is 40.5 Å². The molecule has 0 amide bonds. The molecule has 1 atom stereocenters. The van der Waals surface area contributed by atoms with E-state index in [4.69, 9.17) is 5.11 Å². The molecule has 0 radical (unpaired) electrons. The van der Waals surface area contributed by atoms with Gasteiger partial charge in [0.15, 0.2) is 0 Å². The third-order valence-electron chi connectivity index (χ3n) is 3.30. The average Bonchev–Trinajstić information content (AvgIpc) is 2.64. The van der Waals surface area contributed by atoms with Gasteiger partial charge in [-0.2, -0.15) is 13.2 Å². The van der Waals surface area contributed by atoms with E-state index in [9.17, 15) is 18.0 Å². The van der Waals surface area contributed by atoms with Gasteiger partial charge in [0.05, 0.1) is 6.42 Å². The second-order valence-corrected chi connectivity index (χ2v) is 4.75. The van der Waals surface area contributed by atoms with Gasteiger partial charge in [-0.3, -0.25) is 9.69 Å². The highest BCUT2D eigenvalue weighted by Crippen LogP contribution is 2.30. The lowest BCUT2D eigenvalue weighted by Crippen LogP contribution is -2.46. The summed E-state index contributed by atoms with van der Waals surface area (Å²) >= 11 is 0. The molecule has 1 rings (SSSR count). The smallest absolute Gasteiger partial charge is 0.404 e. The van der Waals surface area contributed by atoms with Crippen molar-refractivity contribution in [3.8, 4) is 0 Å². The standard InChI is InChI=1S/C11H18F3NO2/c1-15(7-8-4-2-3-5-8)9(6-10(16)17)11(12,13)14/h8-9H,2-7H2,1H3,(H,16,17). The SMILES string of the molecule is CN(CC1CCCC1)C(CC(=O)O)C(F)(F)F. The van der Waals surface area contributed by atoms with Gasteiger partial charge < -0.3 is 5.11 Å². The molecule has 0 aromatic rings. The fourth-order valence-corrected chi connectivity index (χ4v) is 2.41. The van der Waals surface area contributed by atoms with Crippen LogP contribution >= 0.6 is 0 Å². The van der Waals surface area contributed by atoms with E-state index in [-0.39, 0.29) is 5.92 Å². The summed E-state index contributed by atoms with van der Waals surface area (Å²) in [5, 5.41) is 8.53. The summed E-state index contributed by atoms with van der Waals surface area (Å²) in [6.45, 7) is 0.331. The van der Waals surface area contributed by atoms with Crippen molar-refractivity contribution in [3.63, 3.8) is 0 Å². The van der Waals surface area contributed by atoms with Crippen LogP contribution in [0.15, 0.2) is 0 Å². The second-order valence-electron chi connectivity index (χ2n) is 4.75. The van der Waals surface area contributed by atoms with Crippen molar-refractivity contribution in [3.05, 3.63) is 0 Å². The zero-order valence-electron chi connectivity index (χ0n) is 9.83. The highest BCUT2D eigenvalue weighted by Gasteiger charge is 2.44. The first kappa shape index (κ1) is 14.3. The molecule has 0 aliphatic heterocycles. The van der Waals surface area contributed by atoms with E-state index in [1.807, 2.05) is 0 Å². The number of halogens is 3. The second kappa shape index (κ2) is 5.71. The summed E-state index contributed by atoms with van der Waals surface area (Å²) in [7, 11) is 1.36. The van der Waals surface area contributed by atoms with E-state index in [1.165, 1.54) is 7.05 Å². The van der Waals surface area contributed by atoms with Gasteiger partial charge in [0.1, 0.15) is 6.04 Å². The number of carboxylic acid groups (broad SMARTS) is 1. The Morgan fingerprint density at radius 2 is 1.94 bits per heavy atom. The zero-order valence-corrected chi connectivity index (χ0v) is 9.83. The number of alkyl halides is 3. The van der Waals surface area contributed by atoms with E-state index in [2.05, 4.69) is 0 Å². The lowest BCUT2D eigenvalue weighted by Gasteiger charge is -2.30. The first-order chi connectivity index (χ1) is 7.80. The van der Waals surface area contributed by atoms with Gasteiger partial charge in [-0.05, 0) is 25.8 Å². The van der Waals surface area contributed by atoms with Crippen LogP contribution in [-0.4, -0.2) is 41.8 Å². The van der Waals surface area contributed by atoms with E-state index < -0.39 is 24.6 Å². The normalized spacial score (nSPS) is 19.8. The fraction of sp³-hybridized carbons (Fsp3) is 0.909. The molecule has 1 unspecified atom stereocenters. The van der Waals surface area contributed by atoms with Crippen LogP contribution in [-0.2, 0) is 4.79 Å². The lowest BCUT2D eigenvalue weighted by molar-refractivity contribution is -0.188. The molecule has 0 aromatic heterocycles. The summed E-state index contributed by atoms with van der Waals surface area (Å²) in [4.78, 5) is 11.6. The molecule has 0 saturated heterocycles. The summed E-state index contributed by atoms with van der Waals surface area (Å²) in [6, 6.07) is -1.87. The minimum atomic E-state index is -4.48. The Morgan fingerprint density at radius 3 is 2.35 bits per heavy atom. The van der Waals surface area contributed by atoms with Crippen LogP contribution < -0.4 is 0 Å². The van der Waals surface area contributed by atoms with Crippen LogP contribution in [0.2, 0.25) is 0 Å². The average molecular weight is 253 g/mol. The molecule has 0 spiro atoms. The van der Waals surface area contributed by atoms with Crippen molar-refractivity contribution in [1.82, 2.24) is 4.90 Å². The number of carbonyl (C=O) groups is 1. The Hall–Kier alpha value is -0.780. The number of nitrogens with zero attached hydrogens (tertiary/aromatic N) is 1. The highest BCUT2D eigenvalue weighted by atomic mass is 19.4. The molecule has 0 heterocycles. The molecule has 1 N–H and O–H groups in total. The van der Waals surface area contributed by atoms with Crippen LogP contribution in [0.1, 0.15) is 32.1 Å². The quantitative estimate of drug-likeness (QED) is 0.818. The third kappa shape index (κ3) is 4.53. The van der Waals surface area contributed by atoms with Crippen molar-refractivity contribution < 1.29 is 23.1 Å². The Kier molecular flexibility index (Phi) is 4.80. The maximum atomic E-state index is 12.7. The van der Waals surface area contributed by atoms with Crippen LogP contribution in [0.5, 0.6) is 0 Å². The van der Waals surface area contributed by atoms with Crippen molar-refractivity contribution in [1.29, 1.82) is 0 Å². The molecule has 0 bridgehead atoms. The molecule has 1 fully saturated rings. The first-order valence-electron chi connectivity index (χ1n) is 5.79. The minimum absolute atomic E-state index is 0.277. The van der Waals surface area contributed by atoms with E-state index in [0.29, 0.717) is 6.54 Å². The third-order valence-corrected chi connectivity index (χ3v) is 3.30. The summed E-state index contributed by atoms with van der Waals surface area (Å²) in [6.07, 6.45) is -1.34. The highest BCUT2D eigenvalue weighted by molar-refractivity contribution is 5.67. The minimum Gasteiger partial charge on any atom is -0.481 e. The van der Waals surface area contributed by atoms with E-state index >= 15 is 0 Å².